The summed E-state index contributed by atoms with van der Waals surface area (Å²) in [4.78, 5) is 35.2. The number of likely N-dealkylation sites (N-methyl/N-ethyl adjacent to an activating group) is 1. The molecule has 0 atom stereocenters. The smallest absolute Gasteiger partial charge is 0.255 e. The van der Waals surface area contributed by atoms with Crippen molar-refractivity contribution < 1.29 is 9.59 Å². The summed E-state index contributed by atoms with van der Waals surface area (Å²) in [6.45, 7) is 8.03. The quantitative estimate of drug-likeness (QED) is 0.838. The third-order valence-corrected chi connectivity index (χ3v) is 4.73. The first-order valence-corrected chi connectivity index (χ1v) is 8.45. The van der Waals surface area contributed by atoms with Gasteiger partial charge in [0.1, 0.15) is 0 Å². The van der Waals surface area contributed by atoms with Crippen molar-refractivity contribution in [1.29, 1.82) is 0 Å². The van der Waals surface area contributed by atoms with Gasteiger partial charge in [-0.2, -0.15) is 0 Å². The monoisotopic (exact) mass is 316 g/mol. The number of pyridine rings is 1. The first kappa shape index (κ1) is 15.9. The Bertz CT molecular complexity index is 576. The lowest BCUT2D eigenvalue weighted by molar-refractivity contribution is 0.0643. The van der Waals surface area contributed by atoms with E-state index in [4.69, 9.17) is 0 Å². The van der Waals surface area contributed by atoms with Crippen LogP contribution < -0.4 is 0 Å². The number of carbonyl (C=O) groups is 2. The van der Waals surface area contributed by atoms with Gasteiger partial charge in [0.2, 0.25) is 0 Å². The van der Waals surface area contributed by atoms with E-state index in [1.54, 1.807) is 18.5 Å². The van der Waals surface area contributed by atoms with Crippen LogP contribution in [0.5, 0.6) is 0 Å². The van der Waals surface area contributed by atoms with Crippen LogP contribution in [-0.2, 0) is 0 Å². The number of hydrogen-bond donors (Lipinski definition) is 0. The number of hydrogen-bond acceptors (Lipinski definition) is 4. The summed E-state index contributed by atoms with van der Waals surface area (Å²) in [7, 11) is 0. The average Bonchev–Trinajstić information content (AvgIpc) is 3.15. The summed E-state index contributed by atoms with van der Waals surface area (Å²) < 4.78 is 0. The van der Waals surface area contributed by atoms with Crippen LogP contribution in [-0.4, -0.2) is 77.3 Å². The van der Waals surface area contributed by atoms with Crippen molar-refractivity contribution in [3.8, 4) is 0 Å². The molecule has 124 valence electrons. The van der Waals surface area contributed by atoms with Crippen LogP contribution >= 0.6 is 0 Å². The lowest BCUT2D eigenvalue weighted by atomic mass is 10.1. The van der Waals surface area contributed by atoms with Gasteiger partial charge in [-0.25, -0.2) is 0 Å². The zero-order chi connectivity index (χ0) is 16.2. The van der Waals surface area contributed by atoms with Crippen molar-refractivity contribution >= 4 is 11.8 Å². The van der Waals surface area contributed by atoms with E-state index in [1.807, 2.05) is 9.80 Å². The summed E-state index contributed by atoms with van der Waals surface area (Å²) in [5, 5.41) is 0. The van der Waals surface area contributed by atoms with Crippen LogP contribution in [0.25, 0.3) is 0 Å². The largest absolute Gasteiger partial charge is 0.339 e. The molecule has 0 saturated carbocycles. The molecule has 1 aromatic heterocycles. The SMILES string of the molecule is CCN1CCN(C(=O)c2cncc(C(=O)N3CCCC3)c2)CC1. The summed E-state index contributed by atoms with van der Waals surface area (Å²) in [6.07, 6.45) is 5.24. The average molecular weight is 316 g/mol. The molecule has 6 heteroatoms. The molecule has 2 aliphatic heterocycles. The number of piperazine rings is 1. The number of nitrogens with zero attached hydrogens (tertiary/aromatic N) is 4. The van der Waals surface area contributed by atoms with Crippen molar-refractivity contribution in [3.63, 3.8) is 0 Å². The fraction of sp³-hybridized carbons (Fsp3) is 0.588. The minimum Gasteiger partial charge on any atom is -0.339 e. The number of rotatable bonds is 3. The molecule has 3 heterocycles. The van der Waals surface area contributed by atoms with Gasteiger partial charge < -0.3 is 14.7 Å². The molecule has 2 fully saturated rings. The van der Waals surface area contributed by atoms with E-state index in [0.29, 0.717) is 11.1 Å². The van der Waals surface area contributed by atoms with E-state index >= 15 is 0 Å². The normalized spacial score (nSPS) is 19.2. The van der Waals surface area contributed by atoms with Crippen molar-refractivity contribution in [1.82, 2.24) is 19.7 Å². The molecular weight excluding hydrogens is 292 g/mol. The first-order chi connectivity index (χ1) is 11.2. The Morgan fingerprint density at radius 1 is 0.913 bits per heavy atom. The van der Waals surface area contributed by atoms with Gasteiger partial charge in [-0.15, -0.1) is 0 Å². The van der Waals surface area contributed by atoms with Crippen molar-refractivity contribution in [2.24, 2.45) is 0 Å². The van der Waals surface area contributed by atoms with Crippen LogP contribution in [0.15, 0.2) is 18.5 Å². The second-order valence-corrected chi connectivity index (χ2v) is 6.19. The Hall–Kier alpha value is -1.95. The van der Waals surface area contributed by atoms with Crippen LogP contribution in [0.3, 0.4) is 0 Å². The van der Waals surface area contributed by atoms with Gasteiger partial charge in [-0.3, -0.25) is 14.6 Å². The van der Waals surface area contributed by atoms with Crippen molar-refractivity contribution in [3.05, 3.63) is 29.6 Å². The molecule has 1 aromatic rings. The minimum atomic E-state index is -0.0238. The van der Waals surface area contributed by atoms with E-state index in [2.05, 4.69) is 16.8 Å². The Morgan fingerprint density at radius 3 is 1.96 bits per heavy atom. The molecule has 0 N–H and O–H groups in total. The van der Waals surface area contributed by atoms with Crippen molar-refractivity contribution in [2.75, 3.05) is 45.8 Å². The maximum Gasteiger partial charge on any atom is 0.255 e. The van der Waals surface area contributed by atoms with Crippen LogP contribution in [0, 0.1) is 0 Å². The highest BCUT2D eigenvalue weighted by Gasteiger charge is 2.24. The summed E-state index contributed by atoms with van der Waals surface area (Å²) >= 11 is 0. The zero-order valence-corrected chi connectivity index (χ0v) is 13.7. The predicted molar refractivity (Wildman–Crippen MR) is 87.4 cm³/mol. The molecular formula is C17H24N4O2. The molecule has 0 unspecified atom stereocenters. The standard InChI is InChI=1S/C17H24N4O2/c1-2-19-7-9-21(10-8-19)17(23)15-11-14(12-18-13-15)16(22)20-5-3-4-6-20/h11-13H,2-10H2,1H3. The van der Waals surface area contributed by atoms with Gasteiger partial charge in [0, 0.05) is 51.7 Å². The van der Waals surface area contributed by atoms with E-state index < -0.39 is 0 Å². The lowest BCUT2D eigenvalue weighted by Gasteiger charge is -2.34. The molecule has 0 spiro atoms. The summed E-state index contributed by atoms with van der Waals surface area (Å²) in [5.74, 6) is -0.0372. The first-order valence-electron chi connectivity index (χ1n) is 8.45. The molecule has 0 bridgehead atoms. The lowest BCUT2D eigenvalue weighted by Crippen LogP contribution is -2.48. The topological polar surface area (TPSA) is 56.8 Å². The van der Waals surface area contributed by atoms with Gasteiger partial charge in [0.15, 0.2) is 0 Å². The third kappa shape index (κ3) is 3.52. The Kier molecular flexibility index (Phi) is 4.91. The highest BCUT2D eigenvalue weighted by atomic mass is 16.2. The second-order valence-electron chi connectivity index (χ2n) is 6.19. The van der Waals surface area contributed by atoms with E-state index in [1.165, 1.54) is 0 Å². The van der Waals surface area contributed by atoms with Gasteiger partial charge in [-0.1, -0.05) is 6.92 Å². The Balaban J connectivity index is 1.69. The van der Waals surface area contributed by atoms with E-state index in [9.17, 15) is 9.59 Å². The molecule has 2 aliphatic rings. The fourth-order valence-electron chi connectivity index (χ4n) is 3.23. The minimum absolute atomic E-state index is 0.0135. The van der Waals surface area contributed by atoms with Gasteiger partial charge in [-0.05, 0) is 25.5 Å². The zero-order valence-electron chi connectivity index (χ0n) is 13.7. The molecule has 3 rings (SSSR count). The summed E-state index contributed by atoms with van der Waals surface area (Å²) in [6, 6.07) is 1.70. The predicted octanol–water partition coefficient (Wildman–Crippen LogP) is 1.10. The van der Waals surface area contributed by atoms with Crippen molar-refractivity contribution in [2.45, 2.75) is 19.8 Å². The molecule has 0 aromatic carbocycles. The van der Waals surface area contributed by atoms with Crippen LogP contribution in [0.2, 0.25) is 0 Å². The molecule has 23 heavy (non-hydrogen) atoms. The Morgan fingerprint density at radius 2 is 1.43 bits per heavy atom. The molecule has 0 radical (unpaired) electrons. The van der Waals surface area contributed by atoms with E-state index in [-0.39, 0.29) is 11.8 Å². The van der Waals surface area contributed by atoms with Gasteiger partial charge in [0.05, 0.1) is 11.1 Å². The highest BCUT2D eigenvalue weighted by molar-refractivity contribution is 5.99. The Labute approximate surface area is 137 Å². The number of aromatic nitrogens is 1. The number of carbonyl (C=O) groups excluding carboxylic acids is 2. The number of amides is 2. The second kappa shape index (κ2) is 7.08. The third-order valence-electron chi connectivity index (χ3n) is 4.73. The van der Waals surface area contributed by atoms with Crippen LogP contribution in [0.1, 0.15) is 40.5 Å². The fourth-order valence-corrected chi connectivity index (χ4v) is 3.23. The summed E-state index contributed by atoms with van der Waals surface area (Å²) in [5.41, 5.74) is 1.03. The molecule has 6 nitrogen and oxygen atoms in total. The molecule has 0 aliphatic carbocycles. The highest BCUT2D eigenvalue weighted by Crippen LogP contribution is 2.15. The molecule has 2 amide bonds. The van der Waals surface area contributed by atoms with Gasteiger partial charge in [0.25, 0.3) is 11.8 Å². The van der Waals surface area contributed by atoms with Gasteiger partial charge >= 0.3 is 0 Å². The maximum atomic E-state index is 12.6. The van der Waals surface area contributed by atoms with Crippen LogP contribution in [0.4, 0.5) is 0 Å². The van der Waals surface area contributed by atoms with E-state index in [0.717, 1.165) is 58.7 Å². The maximum absolute atomic E-state index is 12.6. The number of likely N-dealkylation sites (tertiary alicyclic amines) is 1. The molecule has 2 saturated heterocycles.